The van der Waals surface area contributed by atoms with Crippen LogP contribution in [0.2, 0.25) is 0 Å². The minimum absolute atomic E-state index is 0.437. The summed E-state index contributed by atoms with van der Waals surface area (Å²) < 4.78 is 4.58. The van der Waals surface area contributed by atoms with E-state index in [2.05, 4.69) is 39.5 Å². The van der Waals surface area contributed by atoms with E-state index >= 15 is 0 Å². The van der Waals surface area contributed by atoms with Crippen LogP contribution in [0.3, 0.4) is 0 Å². The van der Waals surface area contributed by atoms with E-state index in [1.165, 1.54) is 32.8 Å². The van der Waals surface area contributed by atoms with Gasteiger partial charge >= 0.3 is 6.09 Å². The van der Waals surface area contributed by atoms with Gasteiger partial charge in [0.15, 0.2) is 5.96 Å². The highest BCUT2D eigenvalue weighted by molar-refractivity contribution is 5.84. The lowest BCUT2D eigenvalue weighted by Crippen LogP contribution is -2.46. The van der Waals surface area contributed by atoms with Gasteiger partial charge in [-0.05, 0) is 48.3 Å². The molecule has 0 spiro atoms. The van der Waals surface area contributed by atoms with Crippen LogP contribution in [0.25, 0.3) is 0 Å². The minimum atomic E-state index is -0.466. The van der Waals surface area contributed by atoms with Crippen LogP contribution in [0, 0.1) is 11.3 Å². The van der Waals surface area contributed by atoms with Crippen LogP contribution in [-0.2, 0) is 11.3 Å². The van der Waals surface area contributed by atoms with Gasteiger partial charge in [0.1, 0.15) is 0 Å². The molecule has 0 radical (unpaired) electrons. The first-order valence-electron chi connectivity index (χ1n) is 9.35. The molecule has 1 aliphatic rings. The number of rotatable bonds is 7. The number of nitrogens with one attached hydrogen (secondary N) is 3. The zero-order chi connectivity index (χ0) is 19.0. The number of hydrogen-bond donors (Lipinski definition) is 3. The average Bonchev–Trinajstić information content (AvgIpc) is 2.60. The average molecular weight is 361 g/mol. The summed E-state index contributed by atoms with van der Waals surface area (Å²) in [4.78, 5) is 15.5. The molecule has 1 fully saturated rings. The lowest BCUT2D eigenvalue weighted by Gasteiger charge is -2.43. The molecule has 6 nitrogen and oxygen atoms in total. The van der Waals surface area contributed by atoms with Crippen molar-refractivity contribution in [3.63, 3.8) is 0 Å². The molecule has 0 saturated heterocycles. The Bertz CT molecular complexity index is 607. The second-order valence-electron chi connectivity index (χ2n) is 7.54. The zero-order valence-electron chi connectivity index (χ0n) is 16.4. The van der Waals surface area contributed by atoms with E-state index in [-0.39, 0.29) is 0 Å². The number of nitrogens with zero attached hydrogens (tertiary/aromatic N) is 1. The third-order valence-electron chi connectivity index (χ3n) is 4.96. The molecule has 144 valence electrons. The molecule has 1 amide bonds. The number of benzene rings is 1. The van der Waals surface area contributed by atoms with Gasteiger partial charge in [0.05, 0.1) is 7.11 Å². The largest absolute Gasteiger partial charge is 0.453 e. The molecule has 26 heavy (non-hydrogen) atoms. The number of carbonyl (C=O) groups excluding carboxylic acids is 1. The van der Waals surface area contributed by atoms with E-state index in [1.807, 2.05) is 24.3 Å². The molecule has 0 bridgehead atoms. The number of aliphatic imine (C=N–C) groups is 1. The van der Waals surface area contributed by atoms with Gasteiger partial charge in [0.25, 0.3) is 0 Å². The highest BCUT2D eigenvalue weighted by Crippen LogP contribution is 2.45. The van der Waals surface area contributed by atoms with Gasteiger partial charge < -0.3 is 15.4 Å². The molecule has 0 aromatic heterocycles. The van der Waals surface area contributed by atoms with Gasteiger partial charge in [-0.15, -0.1) is 0 Å². The molecule has 0 heterocycles. The van der Waals surface area contributed by atoms with Crippen molar-refractivity contribution in [3.8, 4) is 0 Å². The number of anilines is 1. The van der Waals surface area contributed by atoms with Crippen molar-refractivity contribution < 1.29 is 9.53 Å². The summed E-state index contributed by atoms with van der Waals surface area (Å²) >= 11 is 0. The Labute approximate surface area is 156 Å². The first-order chi connectivity index (χ1) is 12.5. The van der Waals surface area contributed by atoms with E-state index in [1.54, 1.807) is 7.05 Å². The molecule has 1 aromatic carbocycles. The molecule has 0 unspecified atom stereocenters. The normalized spacial score (nSPS) is 16.0. The fraction of sp³-hybridized carbons (Fsp3) is 0.600. The summed E-state index contributed by atoms with van der Waals surface area (Å²) in [6.45, 7) is 6.25. The Hall–Kier alpha value is -2.24. The van der Waals surface area contributed by atoms with Gasteiger partial charge in [-0.2, -0.15) is 0 Å². The maximum Gasteiger partial charge on any atom is 0.411 e. The third-order valence-corrected chi connectivity index (χ3v) is 4.96. The molecule has 3 N–H and O–H groups in total. The number of amides is 1. The Morgan fingerprint density at radius 1 is 1.23 bits per heavy atom. The summed E-state index contributed by atoms with van der Waals surface area (Å²) in [5.74, 6) is 1.56. The molecular formula is C20H32N4O2. The fourth-order valence-corrected chi connectivity index (χ4v) is 3.55. The number of carbonyl (C=O) groups is 1. The van der Waals surface area contributed by atoms with Crippen molar-refractivity contribution in [2.24, 2.45) is 16.3 Å². The van der Waals surface area contributed by atoms with Crippen molar-refractivity contribution in [2.45, 2.75) is 46.1 Å². The predicted octanol–water partition coefficient (Wildman–Crippen LogP) is 3.75. The standard InChI is InChI=1S/C20H32N4O2/c1-15(2)12-20(10-5-11-20)14-23-18(21-3)22-13-16-6-8-17(9-7-16)24-19(25)26-4/h6-9,15H,5,10-14H2,1-4H3,(H,24,25)(H2,21,22,23). The third kappa shape index (κ3) is 5.93. The van der Waals surface area contributed by atoms with Gasteiger partial charge in [-0.3, -0.25) is 10.3 Å². The first kappa shape index (κ1) is 20.1. The number of guanidine groups is 1. The molecule has 1 aromatic rings. The van der Waals surface area contributed by atoms with Crippen molar-refractivity contribution in [1.29, 1.82) is 0 Å². The summed E-state index contributed by atoms with van der Waals surface area (Å²) in [7, 11) is 3.15. The molecule has 0 atom stereocenters. The number of hydrogen-bond acceptors (Lipinski definition) is 3. The highest BCUT2D eigenvalue weighted by Gasteiger charge is 2.37. The predicted molar refractivity (Wildman–Crippen MR) is 106 cm³/mol. The monoisotopic (exact) mass is 360 g/mol. The van der Waals surface area contributed by atoms with E-state index < -0.39 is 6.09 Å². The Morgan fingerprint density at radius 3 is 2.42 bits per heavy atom. The van der Waals surface area contributed by atoms with Crippen LogP contribution in [0.4, 0.5) is 10.5 Å². The van der Waals surface area contributed by atoms with Crippen LogP contribution < -0.4 is 16.0 Å². The Kier molecular flexibility index (Phi) is 7.30. The van der Waals surface area contributed by atoms with E-state index in [9.17, 15) is 4.79 Å². The van der Waals surface area contributed by atoms with Crippen molar-refractivity contribution in [3.05, 3.63) is 29.8 Å². The lowest BCUT2D eigenvalue weighted by atomic mass is 9.64. The van der Waals surface area contributed by atoms with Crippen LogP contribution in [0.1, 0.15) is 45.1 Å². The van der Waals surface area contributed by atoms with E-state index in [0.717, 1.165) is 24.0 Å². The van der Waals surface area contributed by atoms with Crippen LogP contribution in [-0.4, -0.2) is 32.8 Å². The number of methoxy groups -OCH3 is 1. The lowest BCUT2D eigenvalue weighted by molar-refractivity contribution is 0.104. The van der Waals surface area contributed by atoms with Crippen molar-refractivity contribution in [2.75, 3.05) is 26.0 Å². The Balaban J connectivity index is 1.80. The minimum Gasteiger partial charge on any atom is -0.453 e. The second kappa shape index (κ2) is 9.46. The molecule has 6 heteroatoms. The van der Waals surface area contributed by atoms with Crippen LogP contribution in [0.15, 0.2) is 29.3 Å². The number of ether oxygens (including phenoxy) is 1. The van der Waals surface area contributed by atoms with Gasteiger partial charge in [-0.1, -0.05) is 32.4 Å². The molecular weight excluding hydrogens is 328 g/mol. The van der Waals surface area contributed by atoms with Crippen molar-refractivity contribution >= 4 is 17.7 Å². The summed E-state index contributed by atoms with van der Waals surface area (Å²) in [6, 6.07) is 7.65. The highest BCUT2D eigenvalue weighted by atomic mass is 16.5. The van der Waals surface area contributed by atoms with E-state index in [0.29, 0.717) is 17.6 Å². The van der Waals surface area contributed by atoms with Crippen LogP contribution in [0.5, 0.6) is 0 Å². The summed E-state index contributed by atoms with van der Waals surface area (Å²) in [5, 5.41) is 9.50. The summed E-state index contributed by atoms with van der Waals surface area (Å²) in [6.07, 6.45) is 4.76. The SMILES string of the molecule is CN=C(NCc1ccc(NC(=O)OC)cc1)NCC1(CC(C)C)CCC1. The molecule has 1 saturated carbocycles. The zero-order valence-corrected chi connectivity index (χ0v) is 16.4. The maximum absolute atomic E-state index is 11.2. The molecule has 0 aliphatic heterocycles. The maximum atomic E-state index is 11.2. The van der Waals surface area contributed by atoms with Crippen molar-refractivity contribution in [1.82, 2.24) is 10.6 Å². The molecule has 2 rings (SSSR count). The van der Waals surface area contributed by atoms with Gasteiger partial charge in [-0.25, -0.2) is 4.79 Å². The second-order valence-corrected chi connectivity index (χ2v) is 7.54. The quantitative estimate of drug-likeness (QED) is 0.511. The fourth-order valence-electron chi connectivity index (χ4n) is 3.55. The first-order valence-corrected chi connectivity index (χ1v) is 9.35. The Morgan fingerprint density at radius 2 is 1.92 bits per heavy atom. The van der Waals surface area contributed by atoms with E-state index in [4.69, 9.17) is 0 Å². The van der Waals surface area contributed by atoms with Crippen LogP contribution >= 0.6 is 0 Å². The summed E-state index contributed by atoms with van der Waals surface area (Å²) in [5.41, 5.74) is 2.26. The smallest absolute Gasteiger partial charge is 0.411 e. The van der Waals surface area contributed by atoms with Gasteiger partial charge in [0, 0.05) is 25.8 Å². The van der Waals surface area contributed by atoms with Gasteiger partial charge in [0.2, 0.25) is 0 Å². The molecule has 1 aliphatic carbocycles. The topological polar surface area (TPSA) is 74.8 Å².